The van der Waals surface area contributed by atoms with Crippen LogP contribution in [0.4, 0.5) is 0 Å². The van der Waals surface area contributed by atoms with Crippen LogP contribution in [0.3, 0.4) is 0 Å². The fourth-order valence-corrected chi connectivity index (χ4v) is 3.90. The Hall–Kier alpha value is -0.870. The molecule has 0 aliphatic carbocycles. The van der Waals surface area contributed by atoms with Crippen LogP contribution >= 0.6 is 0 Å². The van der Waals surface area contributed by atoms with Crippen molar-refractivity contribution in [3.8, 4) is 0 Å². The molecule has 0 saturated heterocycles. The van der Waals surface area contributed by atoms with E-state index in [1.54, 1.807) is 4.31 Å². The van der Waals surface area contributed by atoms with Gasteiger partial charge in [0.1, 0.15) is 0 Å². The van der Waals surface area contributed by atoms with Crippen LogP contribution in [0.15, 0.2) is 24.3 Å². The molecule has 1 aliphatic heterocycles. The summed E-state index contributed by atoms with van der Waals surface area (Å²) in [5.74, 6) is 0. The average Bonchev–Trinajstić information content (AvgIpc) is 2.15. The maximum atomic E-state index is 11.7. The van der Waals surface area contributed by atoms with E-state index < -0.39 is 15.6 Å². The van der Waals surface area contributed by atoms with Crippen LogP contribution in [-0.2, 0) is 22.0 Å². The van der Waals surface area contributed by atoms with E-state index in [0.717, 1.165) is 12.0 Å². The summed E-state index contributed by atoms with van der Waals surface area (Å²) >= 11 is 0. The predicted octanol–water partition coefficient (Wildman–Crippen LogP) is 1.74. The van der Waals surface area contributed by atoms with E-state index in [1.165, 1.54) is 11.8 Å². The van der Waals surface area contributed by atoms with Crippen molar-refractivity contribution in [1.82, 2.24) is 4.31 Å². The standard InChI is InChI=1S/C12H17NO2S/c1-12(2)11-7-5-4-6-10(11)8-9-13(12)16(3,14)15/h4-7H,8-9H2,1-3H3. The molecule has 0 bridgehead atoms. The van der Waals surface area contributed by atoms with Gasteiger partial charge in [-0.3, -0.25) is 0 Å². The Kier molecular flexibility index (Phi) is 2.59. The Bertz CT molecular complexity index is 506. The largest absolute Gasteiger partial charge is 0.212 e. The smallest absolute Gasteiger partial charge is 0.212 e. The summed E-state index contributed by atoms with van der Waals surface area (Å²) in [4.78, 5) is 0. The van der Waals surface area contributed by atoms with E-state index in [0.29, 0.717) is 6.54 Å². The van der Waals surface area contributed by atoms with Crippen LogP contribution in [-0.4, -0.2) is 25.5 Å². The molecule has 3 nitrogen and oxygen atoms in total. The van der Waals surface area contributed by atoms with Crippen molar-refractivity contribution >= 4 is 10.0 Å². The molecule has 0 aromatic heterocycles. The normalized spacial score (nSPS) is 20.4. The third-order valence-corrected chi connectivity index (χ3v) is 4.72. The monoisotopic (exact) mass is 239 g/mol. The van der Waals surface area contributed by atoms with E-state index in [-0.39, 0.29) is 0 Å². The molecule has 88 valence electrons. The summed E-state index contributed by atoms with van der Waals surface area (Å²) < 4.78 is 25.1. The van der Waals surface area contributed by atoms with Gasteiger partial charge >= 0.3 is 0 Å². The van der Waals surface area contributed by atoms with Crippen molar-refractivity contribution in [2.45, 2.75) is 25.8 Å². The minimum absolute atomic E-state index is 0.442. The average molecular weight is 239 g/mol. The van der Waals surface area contributed by atoms with Crippen LogP contribution in [0.25, 0.3) is 0 Å². The summed E-state index contributed by atoms with van der Waals surface area (Å²) in [7, 11) is -3.14. The third kappa shape index (κ3) is 1.76. The van der Waals surface area contributed by atoms with E-state index in [1.807, 2.05) is 32.0 Å². The zero-order valence-electron chi connectivity index (χ0n) is 9.90. The van der Waals surface area contributed by atoms with Crippen molar-refractivity contribution in [3.05, 3.63) is 35.4 Å². The third-order valence-electron chi connectivity index (χ3n) is 3.28. The lowest BCUT2D eigenvalue weighted by Gasteiger charge is -2.42. The maximum Gasteiger partial charge on any atom is 0.212 e. The molecule has 1 aromatic carbocycles. The molecule has 1 aromatic rings. The van der Waals surface area contributed by atoms with E-state index in [9.17, 15) is 8.42 Å². The molecule has 1 heterocycles. The van der Waals surface area contributed by atoms with Gasteiger partial charge in [-0.1, -0.05) is 24.3 Å². The highest BCUT2D eigenvalue weighted by Crippen LogP contribution is 2.36. The van der Waals surface area contributed by atoms with Gasteiger partial charge in [-0.05, 0) is 31.4 Å². The van der Waals surface area contributed by atoms with E-state index in [4.69, 9.17) is 0 Å². The number of hydrogen-bond donors (Lipinski definition) is 0. The van der Waals surface area contributed by atoms with Gasteiger partial charge in [0.05, 0.1) is 11.8 Å². The number of fused-ring (bicyclic) bond motifs is 1. The number of nitrogens with zero attached hydrogens (tertiary/aromatic N) is 1. The molecule has 2 rings (SSSR count). The molecular formula is C12H17NO2S. The lowest BCUT2D eigenvalue weighted by atomic mass is 9.85. The number of benzene rings is 1. The lowest BCUT2D eigenvalue weighted by Crippen LogP contribution is -2.49. The van der Waals surface area contributed by atoms with Gasteiger partial charge in [0.15, 0.2) is 0 Å². The van der Waals surface area contributed by atoms with Crippen molar-refractivity contribution in [2.75, 3.05) is 12.8 Å². The van der Waals surface area contributed by atoms with Crippen LogP contribution < -0.4 is 0 Å². The molecule has 0 radical (unpaired) electrons. The highest BCUT2D eigenvalue weighted by Gasteiger charge is 2.39. The van der Waals surface area contributed by atoms with Gasteiger partial charge in [0, 0.05) is 6.54 Å². The molecule has 0 spiro atoms. The SMILES string of the molecule is CC1(C)c2ccccc2CCN1S(C)(=O)=O. The second kappa shape index (κ2) is 3.57. The first-order valence-corrected chi connectivity index (χ1v) is 7.24. The van der Waals surface area contributed by atoms with Gasteiger partial charge in [0.25, 0.3) is 0 Å². The Labute approximate surface area is 97.1 Å². The molecule has 0 unspecified atom stereocenters. The van der Waals surface area contributed by atoms with Crippen LogP contribution in [0.2, 0.25) is 0 Å². The summed E-state index contributed by atoms with van der Waals surface area (Å²) in [5.41, 5.74) is 1.93. The van der Waals surface area contributed by atoms with Gasteiger partial charge in [-0.2, -0.15) is 4.31 Å². The van der Waals surface area contributed by atoms with E-state index in [2.05, 4.69) is 6.07 Å². The first-order valence-electron chi connectivity index (χ1n) is 5.39. The van der Waals surface area contributed by atoms with Crippen LogP contribution in [0, 0.1) is 0 Å². The minimum Gasteiger partial charge on any atom is -0.212 e. The highest BCUT2D eigenvalue weighted by molar-refractivity contribution is 7.88. The summed E-state index contributed by atoms with van der Waals surface area (Å²) in [5, 5.41) is 0. The Morgan fingerprint density at radius 3 is 2.50 bits per heavy atom. The summed E-state index contributed by atoms with van der Waals surface area (Å²) in [6, 6.07) is 8.07. The number of hydrogen-bond acceptors (Lipinski definition) is 2. The number of sulfonamides is 1. The van der Waals surface area contributed by atoms with Crippen LogP contribution in [0.5, 0.6) is 0 Å². The van der Waals surface area contributed by atoms with Gasteiger partial charge < -0.3 is 0 Å². The molecule has 0 atom stereocenters. The Morgan fingerprint density at radius 2 is 1.88 bits per heavy atom. The molecule has 4 heteroatoms. The molecular weight excluding hydrogens is 222 g/mol. The Morgan fingerprint density at radius 1 is 1.25 bits per heavy atom. The first-order chi connectivity index (χ1) is 7.33. The topological polar surface area (TPSA) is 37.4 Å². The van der Waals surface area contributed by atoms with Crippen molar-refractivity contribution in [3.63, 3.8) is 0 Å². The molecule has 0 saturated carbocycles. The number of rotatable bonds is 1. The van der Waals surface area contributed by atoms with Gasteiger partial charge in [-0.25, -0.2) is 8.42 Å². The van der Waals surface area contributed by atoms with Crippen molar-refractivity contribution < 1.29 is 8.42 Å². The molecule has 0 amide bonds. The lowest BCUT2D eigenvalue weighted by molar-refractivity contribution is 0.216. The van der Waals surface area contributed by atoms with Gasteiger partial charge in [-0.15, -0.1) is 0 Å². The molecule has 0 fully saturated rings. The maximum absolute atomic E-state index is 11.7. The van der Waals surface area contributed by atoms with E-state index >= 15 is 0 Å². The fourth-order valence-electron chi connectivity index (χ4n) is 2.55. The first kappa shape index (κ1) is 11.6. The minimum atomic E-state index is -3.14. The predicted molar refractivity (Wildman–Crippen MR) is 64.7 cm³/mol. The zero-order chi connectivity index (χ0) is 12.0. The molecule has 1 aliphatic rings. The van der Waals surface area contributed by atoms with Crippen LogP contribution in [0.1, 0.15) is 25.0 Å². The fraction of sp³-hybridized carbons (Fsp3) is 0.500. The quantitative estimate of drug-likeness (QED) is 0.748. The second-order valence-electron chi connectivity index (χ2n) is 4.80. The Balaban J connectivity index is 2.55. The highest BCUT2D eigenvalue weighted by atomic mass is 32.2. The molecule has 0 N–H and O–H groups in total. The summed E-state index contributed by atoms with van der Waals surface area (Å²) in [6.07, 6.45) is 2.08. The second-order valence-corrected chi connectivity index (χ2v) is 6.71. The van der Waals surface area contributed by atoms with Crippen molar-refractivity contribution in [2.24, 2.45) is 0 Å². The van der Waals surface area contributed by atoms with Crippen molar-refractivity contribution in [1.29, 1.82) is 0 Å². The summed E-state index contributed by atoms with van der Waals surface area (Å²) in [6.45, 7) is 4.50. The van der Waals surface area contributed by atoms with Gasteiger partial charge in [0.2, 0.25) is 10.0 Å². The molecule has 16 heavy (non-hydrogen) atoms. The zero-order valence-corrected chi connectivity index (χ0v) is 10.7.